The molecule has 0 aliphatic rings. The molecule has 0 heterocycles. The van der Waals surface area contributed by atoms with Gasteiger partial charge in [0, 0.05) is 33.3 Å². The van der Waals surface area contributed by atoms with Crippen molar-refractivity contribution in [2.45, 2.75) is 26.3 Å². The van der Waals surface area contributed by atoms with E-state index >= 15 is 0 Å². The van der Waals surface area contributed by atoms with Crippen molar-refractivity contribution in [3.63, 3.8) is 0 Å². The molecule has 1 unspecified atom stereocenters. The van der Waals surface area contributed by atoms with Crippen LogP contribution in [0.5, 0.6) is 0 Å². The lowest BCUT2D eigenvalue weighted by Gasteiger charge is -2.23. The minimum atomic E-state index is -3.47. The Morgan fingerprint density at radius 1 is 1.41 bits per heavy atom. The topological polar surface area (TPSA) is 84.7 Å². The van der Waals surface area contributed by atoms with E-state index < -0.39 is 10.2 Å². The number of hydrogen-bond donors (Lipinski definition) is 2. The first-order valence-corrected chi connectivity index (χ1v) is 7.20. The van der Waals surface area contributed by atoms with Crippen LogP contribution in [0.3, 0.4) is 0 Å². The summed E-state index contributed by atoms with van der Waals surface area (Å²) in [5.74, 6) is 0.399. The summed E-state index contributed by atoms with van der Waals surface area (Å²) in [6, 6.07) is -0.218. The maximum atomic E-state index is 11.9. The van der Waals surface area contributed by atoms with Gasteiger partial charge in [0.15, 0.2) is 0 Å². The maximum Gasteiger partial charge on any atom is 0.279 e. The third-order valence-corrected chi connectivity index (χ3v) is 4.01. The monoisotopic (exact) mass is 267 g/mol. The second-order valence-corrected chi connectivity index (χ2v) is 6.31. The van der Waals surface area contributed by atoms with Gasteiger partial charge < -0.3 is 10.5 Å². The summed E-state index contributed by atoms with van der Waals surface area (Å²) < 4.78 is 32.5. The summed E-state index contributed by atoms with van der Waals surface area (Å²) in [4.78, 5) is 0. The van der Waals surface area contributed by atoms with Crippen LogP contribution in [0.15, 0.2) is 0 Å². The van der Waals surface area contributed by atoms with Gasteiger partial charge in [0.05, 0.1) is 6.61 Å². The van der Waals surface area contributed by atoms with E-state index in [2.05, 4.69) is 4.72 Å². The Kier molecular flexibility index (Phi) is 7.89. The second kappa shape index (κ2) is 7.99. The average molecular weight is 267 g/mol. The molecule has 3 N–H and O–H groups in total. The molecule has 0 aliphatic heterocycles. The third-order valence-electron chi connectivity index (χ3n) is 2.38. The van der Waals surface area contributed by atoms with Crippen molar-refractivity contribution in [1.29, 1.82) is 0 Å². The molecule has 0 rings (SSSR count). The minimum absolute atomic E-state index is 0.218. The van der Waals surface area contributed by atoms with Crippen LogP contribution < -0.4 is 10.5 Å². The lowest BCUT2D eigenvalue weighted by molar-refractivity contribution is 0.184. The first kappa shape index (κ1) is 16.8. The molecule has 7 heteroatoms. The summed E-state index contributed by atoms with van der Waals surface area (Å²) >= 11 is 0. The van der Waals surface area contributed by atoms with E-state index in [1.807, 2.05) is 13.8 Å². The Morgan fingerprint density at radius 2 is 2.00 bits per heavy atom. The van der Waals surface area contributed by atoms with Gasteiger partial charge in [-0.15, -0.1) is 0 Å². The highest BCUT2D eigenvalue weighted by atomic mass is 32.2. The molecule has 0 aromatic heterocycles. The molecule has 0 aromatic rings. The van der Waals surface area contributed by atoms with Crippen LogP contribution in [0, 0.1) is 5.92 Å². The van der Waals surface area contributed by atoms with Crippen molar-refractivity contribution in [2.75, 3.05) is 33.9 Å². The maximum absolute atomic E-state index is 11.9. The standard InChI is InChI=1S/C10H25N3O3S/c1-9(2)7-10(8-11)12-17(14,15)13(3)5-6-16-4/h9-10,12H,5-8,11H2,1-4H3. The number of hydrogen-bond acceptors (Lipinski definition) is 4. The predicted molar refractivity (Wildman–Crippen MR) is 68.9 cm³/mol. The van der Waals surface area contributed by atoms with Crippen molar-refractivity contribution < 1.29 is 13.2 Å². The van der Waals surface area contributed by atoms with Crippen LogP contribution in [0.1, 0.15) is 20.3 Å². The quantitative estimate of drug-likeness (QED) is 0.604. The van der Waals surface area contributed by atoms with E-state index in [9.17, 15) is 8.42 Å². The SMILES string of the molecule is COCCN(C)S(=O)(=O)NC(CN)CC(C)C. The molecule has 17 heavy (non-hydrogen) atoms. The smallest absolute Gasteiger partial charge is 0.279 e. The number of ether oxygens (including phenoxy) is 1. The lowest BCUT2D eigenvalue weighted by atomic mass is 10.1. The molecule has 0 spiro atoms. The molecule has 0 bridgehead atoms. The first-order chi connectivity index (χ1) is 7.83. The van der Waals surface area contributed by atoms with Gasteiger partial charge in [-0.05, 0) is 12.3 Å². The van der Waals surface area contributed by atoms with Crippen molar-refractivity contribution in [3.05, 3.63) is 0 Å². The van der Waals surface area contributed by atoms with E-state index in [-0.39, 0.29) is 6.04 Å². The molecule has 0 aromatic carbocycles. The minimum Gasteiger partial charge on any atom is -0.383 e. The van der Waals surface area contributed by atoms with Crippen LogP contribution in [0.25, 0.3) is 0 Å². The molecule has 0 aliphatic carbocycles. The van der Waals surface area contributed by atoms with Gasteiger partial charge in [0.2, 0.25) is 0 Å². The Labute approximate surface area is 105 Å². The molecule has 104 valence electrons. The molecule has 0 fully saturated rings. The Balaban J connectivity index is 4.39. The van der Waals surface area contributed by atoms with E-state index in [4.69, 9.17) is 10.5 Å². The lowest BCUT2D eigenvalue weighted by Crippen LogP contribution is -2.47. The number of nitrogens with one attached hydrogen (secondary N) is 1. The van der Waals surface area contributed by atoms with E-state index in [1.165, 1.54) is 18.5 Å². The number of methoxy groups -OCH3 is 1. The van der Waals surface area contributed by atoms with Gasteiger partial charge in [-0.1, -0.05) is 13.8 Å². The third kappa shape index (κ3) is 6.95. The van der Waals surface area contributed by atoms with Crippen molar-refractivity contribution >= 4 is 10.2 Å². The van der Waals surface area contributed by atoms with Gasteiger partial charge in [0.1, 0.15) is 0 Å². The first-order valence-electron chi connectivity index (χ1n) is 5.76. The molecule has 0 saturated carbocycles. The zero-order chi connectivity index (χ0) is 13.5. The Hall–Kier alpha value is -0.210. The summed E-state index contributed by atoms with van der Waals surface area (Å²) in [7, 11) is -0.411. The Bertz CT molecular complexity index is 293. The van der Waals surface area contributed by atoms with Gasteiger partial charge in [-0.3, -0.25) is 0 Å². The highest BCUT2D eigenvalue weighted by Gasteiger charge is 2.21. The normalized spacial score (nSPS) is 14.5. The van der Waals surface area contributed by atoms with Gasteiger partial charge in [0.25, 0.3) is 10.2 Å². The van der Waals surface area contributed by atoms with Gasteiger partial charge in [-0.25, -0.2) is 0 Å². The molecule has 0 saturated heterocycles. The summed E-state index contributed by atoms with van der Waals surface area (Å²) in [5.41, 5.74) is 5.56. The number of rotatable bonds is 9. The fraction of sp³-hybridized carbons (Fsp3) is 1.00. The number of nitrogens with two attached hydrogens (primary N) is 1. The fourth-order valence-electron chi connectivity index (χ4n) is 1.40. The molecular weight excluding hydrogens is 242 g/mol. The Morgan fingerprint density at radius 3 is 2.41 bits per heavy atom. The van der Waals surface area contributed by atoms with Crippen molar-refractivity contribution in [3.8, 4) is 0 Å². The van der Waals surface area contributed by atoms with Gasteiger partial charge >= 0.3 is 0 Å². The molecular formula is C10H25N3O3S. The molecule has 1 atom stereocenters. The number of likely N-dealkylation sites (N-methyl/N-ethyl adjacent to an activating group) is 1. The highest BCUT2D eigenvalue weighted by molar-refractivity contribution is 7.87. The number of nitrogens with zero attached hydrogens (tertiary/aromatic N) is 1. The van der Waals surface area contributed by atoms with E-state index in [0.29, 0.717) is 25.6 Å². The zero-order valence-corrected chi connectivity index (χ0v) is 12.0. The summed E-state index contributed by atoms with van der Waals surface area (Å²) in [5, 5.41) is 0. The van der Waals surface area contributed by atoms with Crippen molar-refractivity contribution in [2.24, 2.45) is 11.7 Å². The van der Waals surface area contributed by atoms with Crippen LogP contribution >= 0.6 is 0 Å². The average Bonchev–Trinajstić information content (AvgIpc) is 2.23. The summed E-state index contributed by atoms with van der Waals surface area (Å²) in [6.45, 7) is 5.06. The van der Waals surface area contributed by atoms with Gasteiger partial charge in [-0.2, -0.15) is 17.4 Å². The van der Waals surface area contributed by atoms with Crippen LogP contribution in [0.2, 0.25) is 0 Å². The largest absolute Gasteiger partial charge is 0.383 e. The highest BCUT2D eigenvalue weighted by Crippen LogP contribution is 2.06. The fourth-order valence-corrected chi connectivity index (χ4v) is 2.51. The molecule has 0 radical (unpaired) electrons. The van der Waals surface area contributed by atoms with E-state index in [1.54, 1.807) is 0 Å². The van der Waals surface area contributed by atoms with Crippen molar-refractivity contribution in [1.82, 2.24) is 9.03 Å². The summed E-state index contributed by atoms with van der Waals surface area (Å²) in [6.07, 6.45) is 0.730. The van der Waals surface area contributed by atoms with Crippen LogP contribution in [-0.4, -0.2) is 52.6 Å². The van der Waals surface area contributed by atoms with E-state index in [0.717, 1.165) is 6.42 Å². The zero-order valence-electron chi connectivity index (χ0n) is 11.1. The van der Waals surface area contributed by atoms with Crippen LogP contribution in [0.4, 0.5) is 0 Å². The molecule has 0 amide bonds. The predicted octanol–water partition coefficient (Wildman–Crippen LogP) is -0.228. The second-order valence-electron chi connectivity index (χ2n) is 4.50. The molecule has 6 nitrogen and oxygen atoms in total. The van der Waals surface area contributed by atoms with Crippen LogP contribution in [-0.2, 0) is 14.9 Å².